The molecule has 13 nitrogen and oxygen atoms in total. The van der Waals surface area contributed by atoms with Crippen molar-refractivity contribution >= 4 is 59.8 Å². The van der Waals surface area contributed by atoms with Gasteiger partial charge in [0.2, 0.25) is 0 Å². The van der Waals surface area contributed by atoms with Gasteiger partial charge >= 0.3 is 65.2 Å². The van der Waals surface area contributed by atoms with Gasteiger partial charge in [0.15, 0.2) is 5.65 Å². The molecule has 5 aromatic rings. The number of phosphoric acid groups is 1. The van der Waals surface area contributed by atoms with E-state index in [0.29, 0.717) is 33.8 Å². The van der Waals surface area contributed by atoms with Gasteiger partial charge in [-0.15, -0.1) is 0 Å². The fourth-order valence-corrected chi connectivity index (χ4v) is 6.09. The van der Waals surface area contributed by atoms with Gasteiger partial charge in [-0.2, -0.15) is 0 Å². The van der Waals surface area contributed by atoms with Crippen LogP contribution in [-0.2, 0) is 19.4 Å². The summed E-state index contributed by atoms with van der Waals surface area (Å²) in [4.78, 5) is 63.2. The minimum Gasteiger partial charge on any atom is -0.790 e. The van der Waals surface area contributed by atoms with Crippen molar-refractivity contribution in [2.45, 2.75) is 42.0 Å². The largest absolute Gasteiger partial charge is 1.00 e. The van der Waals surface area contributed by atoms with Crippen LogP contribution in [0.3, 0.4) is 0 Å². The maximum absolute atomic E-state index is 13.8. The summed E-state index contributed by atoms with van der Waals surface area (Å²) in [5.74, 6) is 0.119. The third kappa shape index (κ3) is 11.6. The number of rotatable bonds is 12. The molecule has 0 saturated carbocycles. The van der Waals surface area contributed by atoms with Gasteiger partial charge in [-0.3, -0.25) is 10.1 Å². The quantitative estimate of drug-likeness (QED) is 0.112. The Bertz CT molecular complexity index is 2020. The van der Waals surface area contributed by atoms with Gasteiger partial charge in [-0.1, -0.05) is 55.9 Å². The number of hydrogen-bond donors (Lipinski definition) is 3. The van der Waals surface area contributed by atoms with Crippen molar-refractivity contribution in [3.05, 3.63) is 108 Å². The molecule has 0 aliphatic rings. The van der Waals surface area contributed by atoms with E-state index in [1.165, 1.54) is 25.2 Å². The Kier molecular flexibility index (Phi) is 15.7. The van der Waals surface area contributed by atoms with E-state index in [-0.39, 0.29) is 70.6 Å². The molecule has 0 fully saturated rings. The molecule has 5 rings (SSSR count). The monoisotopic (exact) mass is 746 g/mol. The van der Waals surface area contributed by atoms with Gasteiger partial charge in [0.25, 0.3) is 5.91 Å². The van der Waals surface area contributed by atoms with Crippen LogP contribution in [0.25, 0.3) is 11.0 Å². The molecule has 0 spiro atoms. The second kappa shape index (κ2) is 18.8. The first-order valence-electron chi connectivity index (χ1n) is 15.0. The van der Waals surface area contributed by atoms with Gasteiger partial charge in [0.05, 0.1) is 38.2 Å². The molecule has 3 N–H and O–H groups in total. The van der Waals surface area contributed by atoms with Crippen LogP contribution in [0.4, 0.5) is 22.0 Å². The SMILES string of the molecule is COC(=O)Nc1ccc(Sc2ccc(C(=O)NC(C)(COP(=O)([O-])[O-])c3ccccc3)cc2Nc2ncnc3nc(C(C)C)ccc23)cc1.[Na+].[Na+]. The van der Waals surface area contributed by atoms with Crippen molar-refractivity contribution in [1.29, 1.82) is 0 Å². The van der Waals surface area contributed by atoms with E-state index in [1.807, 2.05) is 38.1 Å². The zero-order valence-electron chi connectivity index (χ0n) is 29.0. The molecule has 51 heavy (non-hydrogen) atoms. The molecule has 0 bridgehead atoms. The molecule has 0 radical (unpaired) electrons. The summed E-state index contributed by atoms with van der Waals surface area (Å²) in [6.45, 7) is 5.05. The standard InChI is InChI=1S/C34H35N6O7PS.2Na/c1-21(2)27-16-15-26-30(38-27)35-20-36-31(26)39-28-18-22(10-17-29(28)49-25-13-11-24(12-14-25)37-33(42)46-4)32(41)40-34(3,19-47-48(43,44)45)23-8-6-5-7-9-23;;/h5-18,20-21H,19H2,1-4H3,(H,37,42)(H,40,41)(H2,43,44,45)(H,35,36,38,39);;/q;2*+1/p-2. The predicted molar refractivity (Wildman–Crippen MR) is 183 cm³/mol. The third-order valence-electron chi connectivity index (χ3n) is 7.43. The maximum Gasteiger partial charge on any atom is 1.00 e. The number of methoxy groups -OCH3 is 1. The molecule has 2 aromatic heterocycles. The summed E-state index contributed by atoms with van der Waals surface area (Å²) >= 11 is 1.40. The molecule has 0 saturated heterocycles. The van der Waals surface area contributed by atoms with Gasteiger partial charge in [0, 0.05) is 26.7 Å². The van der Waals surface area contributed by atoms with E-state index >= 15 is 0 Å². The Morgan fingerprint density at radius 3 is 2.31 bits per heavy atom. The molecule has 1 unspecified atom stereocenters. The van der Waals surface area contributed by atoms with E-state index in [0.717, 1.165) is 15.5 Å². The van der Waals surface area contributed by atoms with E-state index in [9.17, 15) is 23.9 Å². The summed E-state index contributed by atoms with van der Waals surface area (Å²) in [6.07, 6.45) is 0.826. The second-order valence-corrected chi connectivity index (χ2v) is 13.7. The zero-order chi connectivity index (χ0) is 35.2. The molecule has 1 atom stereocenters. The number of carbonyl (C=O) groups is 2. The minimum atomic E-state index is -5.33. The molecule has 2 amide bonds. The molecule has 2 heterocycles. The van der Waals surface area contributed by atoms with Crippen LogP contribution in [0, 0.1) is 0 Å². The number of nitrogens with one attached hydrogen (secondary N) is 3. The molecule has 0 aliphatic heterocycles. The van der Waals surface area contributed by atoms with Crippen molar-refractivity contribution < 1.29 is 92.3 Å². The topological polar surface area (TPSA) is 191 Å². The minimum absolute atomic E-state index is 0. The second-order valence-electron chi connectivity index (χ2n) is 11.4. The Hall–Kier alpha value is -2.85. The average Bonchev–Trinajstić information content (AvgIpc) is 3.08. The number of phosphoric ester groups is 1. The van der Waals surface area contributed by atoms with Crippen LogP contribution >= 0.6 is 19.6 Å². The third-order valence-corrected chi connectivity index (χ3v) is 8.96. The van der Waals surface area contributed by atoms with Crippen LogP contribution < -0.4 is 84.9 Å². The summed E-state index contributed by atoms with van der Waals surface area (Å²) in [5.41, 5.74) is 1.88. The number of ether oxygens (including phenoxy) is 1. The number of hydrogen-bond acceptors (Lipinski definition) is 12. The van der Waals surface area contributed by atoms with Crippen LogP contribution in [-0.4, -0.2) is 40.7 Å². The van der Waals surface area contributed by atoms with Gasteiger partial charge in [-0.25, -0.2) is 19.7 Å². The Morgan fingerprint density at radius 1 is 0.961 bits per heavy atom. The Morgan fingerprint density at radius 2 is 1.67 bits per heavy atom. The number of amides is 2. The van der Waals surface area contributed by atoms with Crippen LogP contribution in [0.2, 0.25) is 0 Å². The number of carbonyl (C=O) groups excluding carboxylic acids is 2. The first-order valence-corrected chi connectivity index (χ1v) is 17.3. The zero-order valence-corrected chi connectivity index (χ0v) is 34.7. The summed E-state index contributed by atoms with van der Waals surface area (Å²) in [5, 5.41) is 9.49. The fraction of sp³-hybridized carbons (Fsp3) is 0.206. The van der Waals surface area contributed by atoms with E-state index in [4.69, 9.17) is 0 Å². The molecule has 254 valence electrons. The van der Waals surface area contributed by atoms with Crippen molar-refractivity contribution in [3.63, 3.8) is 0 Å². The van der Waals surface area contributed by atoms with E-state index < -0.39 is 32.0 Å². The molecule has 3 aromatic carbocycles. The number of aromatic nitrogens is 3. The molecular formula is C34H33N6Na2O7PS. The van der Waals surface area contributed by atoms with E-state index in [2.05, 4.69) is 40.2 Å². The number of pyridine rings is 1. The Labute approximate surface area is 344 Å². The Balaban J connectivity index is 0.00000351. The number of anilines is 3. The molecular weight excluding hydrogens is 713 g/mol. The number of benzene rings is 3. The average molecular weight is 747 g/mol. The van der Waals surface area contributed by atoms with Crippen molar-refractivity contribution in [3.8, 4) is 0 Å². The van der Waals surface area contributed by atoms with Crippen molar-refractivity contribution in [1.82, 2.24) is 20.3 Å². The molecule has 0 aliphatic carbocycles. The van der Waals surface area contributed by atoms with Gasteiger partial charge < -0.3 is 34.2 Å². The number of fused-ring (bicyclic) bond motifs is 1. The normalized spacial score (nSPS) is 12.2. The molecule has 17 heteroatoms. The van der Waals surface area contributed by atoms with Crippen molar-refractivity contribution in [2.24, 2.45) is 0 Å². The summed E-state index contributed by atoms with van der Waals surface area (Å²) in [7, 11) is -4.05. The van der Waals surface area contributed by atoms with Gasteiger partial charge in [-0.05, 0) is 73.0 Å². The first-order chi connectivity index (χ1) is 23.3. The van der Waals surface area contributed by atoms with Gasteiger partial charge in [0.1, 0.15) is 12.1 Å². The maximum atomic E-state index is 13.8. The predicted octanol–water partition coefficient (Wildman–Crippen LogP) is -0.280. The smallest absolute Gasteiger partial charge is 0.790 e. The van der Waals surface area contributed by atoms with Crippen LogP contribution in [0.15, 0.2) is 101 Å². The van der Waals surface area contributed by atoms with E-state index in [1.54, 1.807) is 67.6 Å². The van der Waals surface area contributed by atoms with Crippen LogP contribution in [0.1, 0.15) is 48.3 Å². The summed E-state index contributed by atoms with van der Waals surface area (Å²) < 4.78 is 20.7. The van der Waals surface area contributed by atoms with Crippen molar-refractivity contribution in [2.75, 3.05) is 24.4 Å². The van der Waals surface area contributed by atoms with Crippen LogP contribution in [0.5, 0.6) is 0 Å². The number of nitrogens with zero attached hydrogens (tertiary/aromatic N) is 3. The first kappa shape index (κ1) is 42.6. The summed E-state index contributed by atoms with van der Waals surface area (Å²) in [6, 6.07) is 24.6. The fourth-order valence-electron chi connectivity index (χ4n) is 4.79.